The van der Waals surface area contributed by atoms with Gasteiger partial charge in [0.15, 0.2) is 0 Å². The topological polar surface area (TPSA) is 74.8 Å². The lowest BCUT2D eigenvalue weighted by atomic mass is 10.1. The third-order valence-electron chi connectivity index (χ3n) is 4.20. The van der Waals surface area contributed by atoms with E-state index in [1.807, 2.05) is 0 Å². The second kappa shape index (κ2) is 5.86. The fourth-order valence-electron chi connectivity index (χ4n) is 2.94. The van der Waals surface area contributed by atoms with Crippen molar-refractivity contribution in [2.75, 3.05) is 11.8 Å². The van der Waals surface area contributed by atoms with E-state index >= 15 is 0 Å². The van der Waals surface area contributed by atoms with Gasteiger partial charge in [-0.2, -0.15) is 0 Å². The van der Waals surface area contributed by atoms with E-state index in [0.29, 0.717) is 22.3 Å². The summed E-state index contributed by atoms with van der Waals surface area (Å²) in [6.07, 6.45) is 0. The zero-order chi connectivity index (χ0) is 17.6. The molecule has 0 aliphatic carbocycles. The molecule has 2 aromatic carbocycles. The summed E-state index contributed by atoms with van der Waals surface area (Å²) in [4.78, 5) is 51.4. The molecule has 2 aliphatic rings. The van der Waals surface area contributed by atoms with Crippen LogP contribution < -0.4 is 0 Å². The highest BCUT2D eigenvalue weighted by Gasteiger charge is 2.37. The van der Waals surface area contributed by atoms with Crippen LogP contribution in [0.5, 0.6) is 0 Å². The first-order valence-electron chi connectivity index (χ1n) is 7.58. The summed E-state index contributed by atoms with van der Waals surface area (Å²) in [5.41, 5.74) is 1.53. The monoisotopic (exact) mass is 352 g/mol. The van der Waals surface area contributed by atoms with Gasteiger partial charge in [-0.25, -0.2) is 0 Å². The highest BCUT2D eigenvalue weighted by molar-refractivity contribution is 7.99. The molecule has 2 heterocycles. The molecule has 0 N–H and O–H groups in total. The zero-order valence-electron chi connectivity index (χ0n) is 13.0. The molecule has 0 radical (unpaired) electrons. The molecular formula is C18H12N2O4S. The van der Waals surface area contributed by atoms with Crippen LogP contribution in [0.25, 0.3) is 0 Å². The fourth-order valence-corrected chi connectivity index (χ4v) is 3.85. The molecule has 4 rings (SSSR count). The molecule has 0 bridgehead atoms. The van der Waals surface area contributed by atoms with Gasteiger partial charge in [0.25, 0.3) is 23.6 Å². The standard InChI is InChI=1S/C18H12N2O4S/c21-15-11-5-1-2-6-12(11)16(22)19(15)9-25-10-20-17(23)13-7-3-4-8-14(13)18(20)24/h1-8H,9-10H2. The molecule has 0 unspecified atom stereocenters. The van der Waals surface area contributed by atoms with Gasteiger partial charge in [-0.3, -0.25) is 29.0 Å². The number of hydrogen-bond acceptors (Lipinski definition) is 5. The average Bonchev–Trinajstić information content (AvgIpc) is 3.03. The zero-order valence-corrected chi connectivity index (χ0v) is 13.8. The summed E-state index contributed by atoms with van der Waals surface area (Å²) in [6.45, 7) is 0. The van der Waals surface area contributed by atoms with Gasteiger partial charge >= 0.3 is 0 Å². The van der Waals surface area contributed by atoms with Gasteiger partial charge in [-0.15, -0.1) is 11.8 Å². The summed E-state index contributed by atoms with van der Waals surface area (Å²) in [5.74, 6) is -1.24. The van der Waals surface area contributed by atoms with Gasteiger partial charge in [0.05, 0.1) is 34.0 Å². The maximum Gasteiger partial charge on any atom is 0.262 e. The summed E-state index contributed by atoms with van der Waals surface area (Å²) in [7, 11) is 0. The van der Waals surface area contributed by atoms with Crippen molar-refractivity contribution in [3.63, 3.8) is 0 Å². The molecule has 2 aliphatic heterocycles. The first-order chi connectivity index (χ1) is 12.1. The van der Waals surface area contributed by atoms with Crippen molar-refractivity contribution in [1.29, 1.82) is 0 Å². The summed E-state index contributed by atoms with van der Waals surface area (Å²) in [5, 5.41) is 0. The van der Waals surface area contributed by atoms with Crippen molar-refractivity contribution in [2.45, 2.75) is 0 Å². The van der Waals surface area contributed by atoms with Crippen molar-refractivity contribution >= 4 is 35.4 Å². The molecule has 7 heteroatoms. The van der Waals surface area contributed by atoms with E-state index < -0.39 is 0 Å². The van der Waals surface area contributed by atoms with E-state index in [9.17, 15) is 19.2 Å². The molecule has 0 saturated heterocycles. The van der Waals surface area contributed by atoms with Crippen LogP contribution in [0, 0.1) is 0 Å². The number of thioether (sulfide) groups is 1. The van der Waals surface area contributed by atoms with Crippen LogP contribution in [-0.4, -0.2) is 45.2 Å². The molecule has 25 heavy (non-hydrogen) atoms. The number of amides is 4. The Hall–Kier alpha value is -2.93. The normalized spacial score (nSPS) is 15.8. The van der Waals surface area contributed by atoms with Gasteiger partial charge in [0.1, 0.15) is 0 Å². The summed E-state index contributed by atoms with van der Waals surface area (Å²) in [6, 6.07) is 13.3. The number of benzene rings is 2. The molecule has 6 nitrogen and oxygen atoms in total. The van der Waals surface area contributed by atoms with E-state index in [4.69, 9.17) is 0 Å². The first-order valence-corrected chi connectivity index (χ1v) is 8.73. The van der Waals surface area contributed by atoms with Gasteiger partial charge in [-0.05, 0) is 24.3 Å². The van der Waals surface area contributed by atoms with Crippen LogP contribution >= 0.6 is 11.8 Å². The van der Waals surface area contributed by atoms with Crippen molar-refractivity contribution in [3.8, 4) is 0 Å². The van der Waals surface area contributed by atoms with Gasteiger partial charge in [-0.1, -0.05) is 24.3 Å². The molecule has 124 valence electrons. The number of imide groups is 2. The quantitative estimate of drug-likeness (QED) is 0.789. The Balaban J connectivity index is 1.43. The number of carbonyl (C=O) groups excluding carboxylic acids is 4. The molecule has 0 aromatic heterocycles. The number of rotatable bonds is 4. The van der Waals surface area contributed by atoms with Gasteiger partial charge < -0.3 is 0 Å². The predicted molar refractivity (Wildman–Crippen MR) is 91.2 cm³/mol. The Morgan fingerprint density at radius 3 is 1.12 bits per heavy atom. The van der Waals surface area contributed by atoms with Crippen molar-refractivity contribution in [2.24, 2.45) is 0 Å². The molecule has 0 saturated carbocycles. The van der Waals surface area contributed by atoms with Crippen LogP contribution in [0.4, 0.5) is 0 Å². The smallest absolute Gasteiger partial charge is 0.262 e. The number of hydrogen-bond donors (Lipinski definition) is 0. The minimum Gasteiger partial charge on any atom is -0.269 e. The summed E-state index contributed by atoms with van der Waals surface area (Å²) < 4.78 is 0. The molecular weight excluding hydrogens is 340 g/mol. The van der Waals surface area contributed by atoms with E-state index in [2.05, 4.69) is 0 Å². The largest absolute Gasteiger partial charge is 0.269 e. The maximum absolute atomic E-state index is 12.3. The van der Waals surface area contributed by atoms with Crippen LogP contribution in [-0.2, 0) is 0 Å². The SMILES string of the molecule is O=C1c2ccccc2C(=O)N1CSCN1C(=O)c2ccccc2C1=O. The van der Waals surface area contributed by atoms with Gasteiger partial charge in [0.2, 0.25) is 0 Å². The number of carbonyl (C=O) groups is 4. The maximum atomic E-state index is 12.3. The molecule has 4 amide bonds. The second-order valence-corrected chi connectivity index (χ2v) is 6.55. The lowest BCUT2D eigenvalue weighted by molar-refractivity contribution is 0.0678. The predicted octanol–water partition coefficient (Wildman–Crippen LogP) is 2.23. The van der Waals surface area contributed by atoms with E-state index in [0.717, 1.165) is 9.80 Å². The Bertz CT molecular complexity index is 795. The third kappa shape index (κ3) is 2.35. The highest BCUT2D eigenvalue weighted by atomic mass is 32.2. The van der Waals surface area contributed by atoms with Crippen LogP contribution in [0.15, 0.2) is 48.5 Å². The molecule has 0 spiro atoms. The second-order valence-electron chi connectivity index (χ2n) is 5.63. The lowest BCUT2D eigenvalue weighted by Gasteiger charge is -2.17. The Morgan fingerprint density at radius 2 is 0.840 bits per heavy atom. The molecule has 2 aromatic rings. The van der Waals surface area contributed by atoms with E-state index in [-0.39, 0.29) is 35.4 Å². The highest BCUT2D eigenvalue weighted by Crippen LogP contribution is 2.27. The van der Waals surface area contributed by atoms with Crippen molar-refractivity contribution < 1.29 is 19.2 Å². The van der Waals surface area contributed by atoms with Crippen LogP contribution in [0.1, 0.15) is 41.4 Å². The molecule has 0 atom stereocenters. The van der Waals surface area contributed by atoms with E-state index in [1.54, 1.807) is 48.5 Å². The van der Waals surface area contributed by atoms with Crippen LogP contribution in [0.2, 0.25) is 0 Å². The number of nitrogens with zero attached hydrogens (tertiary/aromatic N) is 2. The van der Waals surface area contributed by atoms with E-state index in [1.165, 1.54) is 11.8 Å². The lowest BCUT2D eigenvalue weighted by Crippen LogP contribution is -2.33. The Morgan fingerprint density at radius 1 is 0.560 bits per heavy atom. The first kappa shape index (κ1) is 15.6. The van der Waals surface area contributed by atoms with Crippen LogP contribution in [0.3, 0.4) is 0 Å². The van der Waals surface area contributed by atoms with Crippen molar-refractivity contribution in [3.05, 3.63) is 70.8 Å². The Labute approximate surface area is 147 Å². The fraction of sp³-hybridized carbons (Fsp3) is 0.111. The summed E-state index contributed by atoms with van der Waals surface area (Å²) >= 11 is 1.17. The minimum absolute atomic E-state index is 0.0831. The third-order valence-corrected chi connectivity index (χ3v) is 5.08. The molecule has 0 fully saturated rings. The van der Waals surface area contributed by atoms with Crippen molar-refractivity contribution in [1.82, 2.24) is 9.80 Å². The minimum atomic E-state index is -0.351. The average molecular weight is 352 g/mol. The van der Waals surface area contributed by atoms with Gasteiger partial charge in [0, 0.05) is 0 Å². The Kier molecular flexibility index (Phi) is 3.65. The number of fused-ring (bicyclic) bond motifs is 2.